The molecule has 0 amide bonds. The van der Waals surface area contributed by atoms with Crippen LogP contribution in [0.1, 0.15) is 40.9 Å². The molecule has 0 N–H and O–H groups in total. The van der Waals surface area contributed by atoms with E-state index in [1.165, 1.54) is 16.7 Å². The van der Waals surface area contributed by atoms with E-state index in [0.29, 0.717) is 13.2 Å². The van der Waals surface area contributed by atoms with Crippen LogP contribution in [-0.4, -0.2) is 5.78 Å². The molecule has 1 aliphatic rings. The first-order valence-electron chi connectivity index (χ1n) is 4.96. The van der Waals surface area contributed by atoms with Crippen molar-refractivity contribution in [2.75, 3.05) is 0 Å². The number of fused-ring (bicyclic) bond motifs is 1. The zero-order valence-corrected chi connectivity index (χ0v) is 8.59. The number of Topliss-reactive ketones (excluding diaryl/α,β-unsaturated/α-hetero) is 1. The highest BCUT2D eigenvalue weighted by molar-refractivity contribution is 5.96. The van der Waals surface area contributed by atoms with Crippen LogP contribution in [0.15, 0.2) is 12.1 Å². The number of hydrogen-bond donors (Lipinski definition) is 0. The molecule has 0 saturated carbocycles. The number of rotatable bonds is 2. The van der Waals surface area contributed by atoms with Crippen LogP contribution in [-0.2, 0) is 24.4 Å². The molecule has 2 nitrogen and oxygen atoms in total. The van der Waals surface area contributed by atoms with E-state index in [1.807, 2.05) is 12.1 Å². The van der Waals surface area contributed by atoms with Gasteiger partial charge >= 0.3 is 0 Å². The summed E-state index contributed by atoms with van der Waals surface area (Å²) < 4.78 is 5.38. The number of ketones is 1. The lowest BCUT2D eigenvalue weighted by Gasteiger charge is -2.09. The van der Waals surface area contributed by atoms with E-state index >= 15 is 0 Å². The van der Waals surface area contributed by atoms with E-state index in [-0.39, 0.29) is 5.78 Å². The molecule has 1 aliphatic heterocycles. The minimum absolute atomic E-state index is 0.150. The summed E-state index contributed by atoms with van der Waals surface area (Å²) >= 11 is 0. The lowest BCUT2D eigenvalue weighted by atomic mass is 9.94. The van der Waals surface area contributed by atoms with Gasteiger partial charge in [-0.25, -0.2) is 0 Å². The molecule has 2 heteroatoms. The molecule has 14 heavy (non-hydrogen) atoms. The minimum Gasteiger partial charge on any atom is -0.372 e. The van der Waals surface area contributed by atoms with Gasteiger partial charge in [-0.3, -0.25) is 4.79 Å². The maximum atomic E-state index is 11.4. The minimum atomic E-state index is 0.150. The topological polar surface area (TPSA) is 26.3 Å². The monoisotopic (exact) mass is 190 g/mol. The van der Waals surface area contributed by atoms with Crippen LogP contribution < -0.4 is 0 Å². The van der Waals surface area contributed by atoms with E-state index in [4.69, 9.17) is 4.74 Å². The van der Waals surface area contributed by atoms with Crippen LogP contribution in [0.4, 0.5) is 0 Å². The van der Waals surface area contributed by atoms with Gasteiger partial charge in [0.2, 0.25) is 0 Å². The van der Waals surface area contributed by atoms with E-state index in [1.54, 1.807) is 6.92 Å². The van der Waals surface area contributed by atoms with Crippen LogP contribution in [0, 0.1) is 0 Å². The van der Waals surface area contributed by atoms with E-state index in [0.717, 1.165) is 12.0 Å². The zero-order valence-electron chi connectivity index (χ0n) is 8.59. The fourth-order valence-electron chi connectivity index (χ4n) is 2.05. The number of ether oxygens (including phenoxy) is 1. The quantitative estimate of drug-likeness (QED) is 0.670. The Kier molecular flexibility index (Phi) is 2.38. The molecule has 0 atom stereocenters. The summed E-state index contributed by atoms with van der Waals surface area (Å²) in [6.45, 7) is 5.07. The van der Waals surface area contributed by atoms with Crippen molar-refractivity contribution in [1.82, 2.24) is 0 Å². The first-order valence-corrected chi connectivity index (χ1v) is 4.96. The molecule has 0 aliphatic carbocycles. The fourth-order valence-corrected chi connectivity index (χ4v) is 2.05. The van der Waals surface area contributed by atoms with Gasteiger partial charge in [-0.05, 0) is 30.0 Å². The molecule has 0 radical (unpaired) electrons. The molecule has 0 aromatic heterocycles. The van der Waals surface area contributed by atoms with Crippen LogP contribution in [0.5, 0.6) is 0 Å². The summed E-state index contributed by atoms with van der Waals surface area (Å²) in [5.41, 5.74) is 4.51. The Bertz CT molecular complexity index is 380. The Morgan fingerprint density at radius 1 is 1.43 bits per heavy atom. The van der Waals surface area contributed by atoms with E-state index in [9.17, 15) is 4.79 Å². The number of hydrogen-bond acceptors (Lipinski definition) is 2. The van der Waals surface area contributed by atoms with Crippen molar-refractivity contribution in [3.63, 3.8) is 0 Å². The van der Waals surface area contributed by atoms with E-state index < -0.39 is 0 Å². The first kappa shape index (κ1) is 9.41. The van der Waals surface area contributed by atoms with Crippen molar-refractivity contribution in [3.8, 4) is 0 Å². The van der Waals surface area contributed by atoms with Crippen molar-refractivity contribution in [2.24, 2.45) is 0 Å². The van der Waals surface area contributed by atoms with E-state index in [2.05, 4.69) is 6.92 Å². The molecular weight excluding hydrogens is 176 g/mol. The third kappa shape index (κ3) is 1.36. The summed E-state index contributed by atoms with van der Waals surface area (Å²) in [6.07, 6.45) is 0.904. The highest BCUT2D eigenvalue weighted by Crippen LogP contribution is 2.27. The molecule has 1 heterocycles. The second-order valence-electron chi connectivity index (χ2n) is 3.63. The van der Waals surface area contributed by atoms with Crippen molar-refractivity contribution in [1.29, 1.82) is 0 Å². The SMILES string of the molecule is CCc1c(C(C)=O)ccc2c1COC2. The van der Waals surface area contributed by atoms with Crippen LogP contribution in [0.3, 0.4) is 0 Å². The number of carbonyl (C=O) groups excluding carboxylic acids is 1. The van der Waals surface area contributed by atoms with Gasteiger partial charge in [0.1, 0.15) is 0 Å². The maximum absolute atomic E-state index is 11.4. The second kappa shape index (κ2) is 3.54. The molecule has 74 valence electrons. The molecule has 1 aromatic rings. The van der Waals surface area contributed by atoms with Gasteiger partial charge in [-0.1, -0.05) is 19.1 Å². The van der Waals surface area contributed by atoms with Gasteiger partial charge in [-0.2, -0.15) is 0 Å². The molecule has 1 aromatic carbocycles. The number of benzene rings is 1. The molecular formula is C12H14O2. The normalized spacial score (nSPS) is 14.1. The summed E-state index contributed by atoms with van der Waals surface area (Å²) in [7, 11) is 0. The molecule has 0 unspecified atom stereocenters. The summed E-state index contributed by atoms with van der Waals surface area (Å²) in [4.78, 5) is 11.4. The first-order chi connectivity index (χ1) is 6.74. The van der Waals surface area contributed by atoms with Gasteiger partial charge in [0, 0.05) is 5.56 Å². The second-order valence-corrected chi connectivity index (χ2v) is 3.63. The smallest absolute Gasteiger partial charge is 0.160 e. The maximum Gasteiger partial charge on any atom is 0.160 e. The third-order valence-corrected chi connectivity index (χ3v) is 2.77. The largest absolute Gasteiger partial charge is 0.372 e. The Morgan fingerprint density at radius 2 is 2.21 bits per heavy atom. The fraction of sp³-hybridized carbons (Fsp3) is 0.417. The summed E-state index contributed by atoms with van der Waals surface area (Å²) in [5.74, 6) is 0.150. The average molecular weight is 190 g/mol. The van der Waals surface area contributed by atoms with Gasteiger partial charge in [0.15, 0.2) is 5.78 Å². The molecule has 0 bridgehead atoms. The Hall–Kier alpha value is -1.15. The van der Waals surface area contributed by atoms with Gasteiger partial charge in [0.05, 0.1) is 13.2 Å². The third-order valence-electron chi connectivity index (χ3n) is 2.77. The van der Waals surface area contributed by atoms with Crippen LogP contribution in [0.2, 0.25) is 0 Å². The standard InChI is InChI=1S/C12H14O2/c1-3-10-11(8(2)13)5-4-9-6-14-7-12(9)10/h4-5H,3,6-7H2,1-2H3. The van der Waals surface area contributed by atoms with Crippen LogP contribution in [0.25, 0.3) is 0 Å². The van der Waals surface area contributed by atoms with Crippen LogP contribution >= 0.6 is 0 Å². The van der Waals surface area contributed by atoms with Gasteiger partial charge in [0.25, 0.3) is 0 Å². The van der Waals surface area contributed by atoms with Crippen molar-refractivity contribution in [2.45, 2.75) is 33.5 Å². The van der Waals surface area contributed by atoms with Crippen molar-refractivity contribution in [3.05, 3.63) is 34.4 Å². The van der Waals surface area contributed by atoms with Gasteiger partial charge in [-0.15, -0.1) is 0 Å². The molecule has 0 saturated heterocycles. The average Bonchev–Trinajstić information content (AvgIpc) is 2.63. The zero-order chi connectivity index (χ0) is 10.1. The Labute approximate surface area is 83.9 Å². The Morgan fingerprint density at radius 3 is 2.86 bits per heavy atom. The summed E-state index contributed by atoms with van der Waals surface area (Å²) in [6, 6.07) is 3.94. The number of carbonyl (C=O) groups is 1. The highest BCUT2D eigenvalue weighted by atomic mass is 16.5. The van der Waals surface area contributed by atoms with Gasteiger partial charge < -0.3 is 4.74 Å². The molecule has 2 rings (SSSR count). The molecule has 0 fully saturated rings. The lowest BCUT2D eigenvalue weighted by molar-refractivity contribution is 0.101. The molecule has 0 spiro atoms. The lowest BCUT2D eigenvalue weighted by Crippen LogP contribution is -2.03. The predicted molar refractivity (Wildman–Crippen MR) is 54.3 cm³/mol. The van der Waals surface area contributed by atoms with Crippen molar-refractivity contribution >= 4 is 5.78 Å². The highest BCUT2D eigenvalue weighted by Gasteiger charge is 2.18. The summed E-state index contributed by atoms with van der Waals surface area (Å²) in [5, 5.41) is 0. The Balaban J connectivity index is 2.59. The predicted octanol–water partition coefficient (Wildman–Crippen LogP) is 2.48. The van der Waals surface area contributed by atoms with Crippen molar-refractivity contribution < 1.29 is 9.53 Å².